The van der Waals surface area contributed by atoms with Crippen molar-refractivity contribution in [2.75, 3.05) is 0 Å². The predicted octanol–water partition coefficient (Wildman–Crippen LogP) is 20.7. The SMILES string of the molecule is Cc1c[n+](C)c(-c2c(C)ccc3c2oc2ccc4ccccc4c23)cn1.Cc1cc(C)c2c(oc3ccc4ccccc4c32)c1-c1cncc[n+]1C.Cc1cc2c(oc3ccc4ccccc4c32)c(-c2cncc[n+]2C)c1C.Cc1ccc2c(oc3ccc4ccccc4c32)c1-c1nccc[n+]1C. The summed E-state index contributed by atoms with van der Waals surface area (Å²) < 4.78 is 33.9. The fraction of sp³-hybridized carbons (Fsp3) is 0.121. The number of hydrogen-bond donors (Lipinski definition) is 0. The zero-order chi connectivity index (χ0) is 70.5. The number of aromatic nitrogens is 8. The highest BCUT2D eigenvalue weighted by Crippen LogP contribution is 2.45. The standard InChI is InChI=1S/3C23H19N2O.C22H17N2O/c1-14-8-10-18-22-17-7-5-4-6-16(17)9-11-20(22)26-23(18)21(14)19-12-24-15(2)13-25(19)3;1-14-12-18-22-17-7-5-4-6-16(17)8-9-20(22)26-23(18)21(15(14)2)19-13-24-10-11-25(19)3;1-14-12-15(2)21-22-17-7-5-4-6-16(17)8-9-19(22)26-23(21)20(14)18-13-24-10-11-25(18)3;1-14-8-10-17-20-16-7-4-3-6-15(16)9-11-18(20)25-21(17)19(14)22-23-12-5-13-24(22)2/h3*4-13H,1-3H3;3-13H,1-2H3/q4*+1. The summed E-state index contributed by atoms with van der Waals surface area (Å²) >= 11 is 0. The third kappa shape index (κ3) is 10.7. The van der Waals surface area contributed by atoms with E-state index in [0.717, 1.165) is 112 Å². The molecule has 20 aromatic rings. The van der Waals surface area contributed by atoms with Crippen LogP contribution in [0.15, 0.2) is 268 Å². The van der Waals surface area contributed by atoms with Crippen LogP contribution in [0.3, 0.4) is 0 Å². The fourth-order valence-electron chi connectivity index (χ4n) is 15.5. The Kier molecular flexibility index (Phi) is 15.7. The summed E-state index contributed by atoms with van der Waals surface area (Å²) in [4.78, 5) is 17.8. The van der Waals surface area contributed by atoms with Gasteiger partial charge in [0.05, 0.1) is 60.9 Å². The second-order valence-corrected chi connectivity index (χ2v) is 27.2. The molecule has 0 fully saturated rings. The number of hydrogen-bond acceptors (Lipinski definition) is 8. The molecule has 8 aromatic heterocycles. The first kappa shape index (κ1) is 63.6. The summed E-state index contributed by atoms with van der Waals surface area (Å²) in [5, 5.41) is 19.2. The van der Waals surface area contributed by atoms with Crippen LogP contribution in [0.2, 0.25) is 0 Å². The monoisotopic (exact) mass is 1340 g/mol. The van der Waals surface area contributed by atoms with Crippen molar-refractivity contribution >= 4 is 131 Å². The Morgan fingerprint density at radius 3 is 1.24 bits per heavy atom. The van der Waals surface area contributed by atoms with Gasteiger partial charge in [0.2, 0.25) is 17.1 Å². The largest absolute Gasteiger partial charge is 0.455 e. The van der Waals surface area contributed by atoms with Crippen LogP contribution in [0.5, 0.6) is 0 Å². The molecule has 12 heteroatoms. The average Bonchev–Trinajstić information content (AvgIpc) is 1.62. The maximum absolute atomic E-state index is 6.42. The van der Waals surface area contributed by atoms with Crippen molar-refractivity contribution in [3.05, 3.63) is 289 Å². The predicted molar refractivity (Wildman–Crippen MR) is 416 cm³/mol. The lowest BCUT2D eigenvalue weighted by Gasteiger charge is -2.08. The fourth-order valence-corrected chi connectivity index (χ4v) is 15.5. The van der Waals surface area contributed by atoms with E-state index in [0.29, 0.717) is 0 Å². The number of nitrogens with zero attached hydrogens (tertiary/aromatic N) is 8. The van der Waals surface area contributed by atoms with Gasteiger partial charge in [-0.2, -0.15) is 13.7 Å². The molecule has 20 rings (SSSR count). The van der Waals surface area contributed by atoms with Gasteiger partial charge in [0.25, 0.3) is 0 Å². The molecule has 0 aliphatic rings. The summed E-state index contributed by atoms with van der Waals surface area (Å²) in [5.41, 5.74) is 23.2. The second-order valence-electron chi connectivity index (χ2n) is 27.2. The van der Waals surface area contributed by atoms with Crippen molar-refractivity contribution in [3.8, 4) is 45.2 Å². The number of fused-ring (bicyclic) bond motifs is 20. The summed E-state index contributed by atoms with van der Waals surface area (Å²) in [6, 6.07) is 65.8. The van der Waals surface area contributed by atoms with Crippen molar-refractivity contribution in [1.82, 2.24) is 19.9 Å². The molecule has 8 heterocycles. The van der Waals surface area contributed by atoms with E-state index in [1.807, 2.05) is 88.3 Å². The van der Waals surface area contributed by atoms with Gasteiger partial charge in [0, 0.05) is 49.2 Å². The van der Waals surface area contributed by atoms with Gasteiger partial charge >= 0.3 is 5.82 Å². The molecule has 0 bridgehead atoms. The van der Waals surface area contributed by atoms with Gasteiger partial charge in [0.15, 0.2) is 24.2 Å². The normalized spacial score (nSPS) is 11.6. The molecule has 0 N–H and O–H groups in total. The van der Waals surface area contributed by atoms with E-state index in [4.69, 9.17) is 17.7 Å². The van der Waals surface area contributed by atoms with Crippen molar-refractivity contribution in [3.63, 3.8) is 0 Å². The van der Waals surface area contributed by atoms with Crippen LogP contribution in [0.25, 0.3) is 176 Å². The Morgan fingerprint density at radius 1 is 0.291 bits per heavy atom. The lowest BCUT2D eigenvalue weighted by molar-refractivity contribution is -0.663. The second kappa shape index (κ2) is 25.4. The van der Waals surface area contributed by atoms with Gasteiger partial charge in [-0.25, -0.2) is 9.55 Å². The van der Waals surface area contributed by atoms with E-state index >= 15 is 0 Å². The van der Waals surface area contributed by atoms with E-state index in [2.05, 4.69) is 264 Å². The third-order valence-corrected chi connectivity index (χ3v) is 20.7. The van der Waals surface area contributed by atoms with Crippen LogP contribution in [0.1, 0.15) is 39.1 Å². The van der Waals surface area contributed by atoms with Crippen molar-refractivity contribution < 1.29 is 35.9 Å². The molecular formula is C91H74N8O4+4. The zero-order valence-electron chi connectivity index (χ0n) is 59.4. The molecule has 0 saturated heterocycles. The van der Waals surface area contributed by atoms with Crippen LogP contribution in [-0.2, 0) is 28.2 Å². The molecule has 0 radical (unpaired) electrons. The molecule has 12 aromatic carbocycles. The lowest BCUT2D eigenvalue weighted by atomic mass is 9.95. The molecular weight excluding hydrogens is 1270 g/mol. The van der Waals surface area contributed by atoms with Crippen LogP contribution >= 0.6 is 0 Å². The summed E-state index contributed by atoms with van der Waals surface area (Å²) in [7, 11) is 8.15. The summed E-state index contributed by atoms with van der Waals surface area (Å²) in [6.07, 6.45) is 19.2. The summed E-state index contributed by atoms with van der Waals surface area (Å²) in [5.74, 6) is 0.911. The van der Waals surface area contributed by atoms with Crippen LogP contribution in [0.4, 0.5) is 0 Å². The van der Waals surface area contributed by atoms with E-state index in [1.165, 1.54) is 103 Å². The Hall–Kier alpha value is -12.8. The van der Waals surface area contributed by atoms with Crippen LogP contribution < -0.4 is 18.3 Å². The first-order valence-corrected chi connectivity index (χ1v) is 34.8. The maximum atomic E-state index is 6.42. The van der Waals surface area contributed by atoms with E-state index in [1.54, 1.807) is 12.4 Å². The third-order valence-electron chi connectivity index (χ3n) is 20.7. The molecule has 0 spiro atoms. The van der Waals surface area contributed by atoms with Gasteiger partial charge in [-0.3, -0.25) is 9.97 Å². The Balaban J connectivity index is 0.000000102. The van der Waals surface area contributed by atoms with E-state index in [9.17, 15) is 0 Å². The summed E-state index contributed by atoms with van der Waals surface area (Å²) in [6.45, 7) is 14.9. The Labute approximate surface area is 594 Å². The number of rotatable bonds is 4. The van der Waals surface area contributed by atoms with Crippen LogP contribution in [-0.4, -0.2) is 19.9 Å². The first-order chi connectivity index (χ1) is 50.2. The lowest BCUT2D eigenvalue weighted by Crippen LogP contribution is -2.31. The molecule has 12 nitrogen and oxygen atoms in total. The number of aryl methyl sites for hydroxylation is 10. The minimum Gasteiger partial charge on any atom is -0.455 e. The first-order valence-electron chi connectivity index (χ1n) is 34.8. The van der Waals surface area contributed by atoms with E-state index in [-0.39, 0.29) is 0 Å². The van der Waals surface area contributed by atoms with E-state index < -0.39 is 0 Å². The van der Waals surface area contributed by atoms with Gasteiger partial charge in [-0.1, -0.05) is 152 Å². The molecule has 0 amide bonds. The molecule has 103 heavy (non-hydrogen) atoms. The topological polar surface area (TPSA) is 120 Å². The highest BCUT2D eigenvalue weighted by molar-refractivity contribution is 6.24. The number of furan rings is 4. The van der Waals surface area contributed by atoms with Crippen molar-refractivity contribution in [2.45, 2.75) is 48.5 Å². The van der Waals surface area contributed by atoms with Gasteiger partial charge in [0.1, 0.15) is 77.7 Å². The Bertz CT molecular complexity index is 6860. The van der Waals surface area contributed by atoms with Crippen molar-refractivity contribution in [1.29, 1.82) is 0 Å². The minimum atomic E-state index is 0.903. The van der Waals surface area contributed by atoms with Crippen LogP contribution in [0, 0.1) is 48.5 Å². The number of benzene rings is 12. The van der Waals surface area contributed by atoms with Gasteiger partial charge in [-0.15, -0.1) is 0 Å². The molecule has 0 aliphatic carbocycles. The smallest absolute Gasteiger partial charge is 0.334 e. The highest BCUT2D eigenvalue weighted by Gasteiger charge is 2.28. The zero-order valence-corrected chi connectivity index (χ0v) is 59.4. The Morgan fingerprint density at radius 2 is 0.728 bits per heavy atom. The molecule has 498 valence electrons. The van der Waals surface area contributed by atoms with Gasteiger partial charge < -0.3 is 17.7 Å². The molecule has 0 aliphatic heterocycles. The molecule has 0 atom stereocenters. The highest BCUT2D eigenvalue weighted by atomic mass is 16.3. The molecule has 0 saturated carbocycles. The maximum Gasteiger partial charge on any atom is 0.334 e. The van der Waals surface area contributed by atoms with Gasteiger partial charge in [-0.05, 0) is 160 Å². The molecule has 0 unspecified atom stereocenters. The quantitative estimate of drug-likeness (QED) is 0.160. The minimum absolute atomic E-state index is 0.903. The van der Waals surface area contributed by atoms with Crippen molar-refractivity contribution in [2.24, 2.45) is 28.2 Å². The average molecular weight is 1340 g/mol.